The highest BCUT2D eigenvalue weighted by Crippen LogP contribution is 2.17. The molecule has 0 unspecified atom stereocenters. The molecule has 29 heavy (non-hydrogen) atoms. The van der Waals surface area contributed by atoms with Crippen molar-refractivity contribution < 1.29 is 4.79 Å². The second-order valence-corrected chi connectivity index (χ2v) is 7.78. The Balaban J connectivity index is 1.77. The molecule has 2 heterocycles. The average Bonchev–Trinajstić information content (AvgIpc) is 3.19. The Kier molecular flexibility index (Phi) is 5.05. The van der Waals surface area contributed by atoms with Crippen LogP contribution in [0.1, 0.15) is 27.2 Å². The SMILES string of the molecule is C/C(=N/NC(=O)c1nn(-c2ccccc2)c(=O)c2ccccc12)c1ccc(C)s1. The lowest BCUT2D eigenvalue weighted by atomic mass is 10.1. The summed E-state index contributed by atoms with van der Waals surface area (Å²) in [5.41, 5.74) is 3.73. The maximum Gasteiger partial charge on any atom is 0.292 e. The summed E-state index contributed by atoms with van der Waals surface area (Å²) < 4.78 is 1.25. The van der Waals surface area contributed by atoms with Crippen molar-refractivity contribution in [1.82, 2.24) is 15.2 Å². The molecule has 1 amide bonds. The first-order valence-electron chi connectivity index (χ1n) is 9.03. The molecule has 144 valence electrons. The molecule has 0 atom stereocenters. The maximum atomic E-state index is 12.9. The van der Waals surface area contributed by atoms with Crippen LogP contribution in [0.4, 0.5) is 0 Å². The molecule has 0 aliphatic heterocycles. The molecular weight excluding hydrogens is 384 g/mol. The fourth-order valence-electron chi connectivity index (χ4n) is 2.97. The number of thiophene rings is 1. The normalized spacial score (nSPS) is 11.6. The maximum absolute atomic E-state index is 12.9. The number of aryl methyl sites for hydroxylation is 1. The Morgan fingerprint density at radius 3 is 2.38 bits per heavy atom. The number of carbonyl (C=O) groups excluding carboxylic acids is 1. The predicted molar refractivity (Wildman–Crippen MR) is 116 cm³/mol. The van der Waals surface area contributed by atoms with Crippen LogP contribution < -0.4 is 11.0 Å². The Morgan fingerprint density at radius 1 is 1.00 bits per heavy atom. The minimum atomic E-state index is -0.474. The van der Waals surface area contributed by atoms with Crippen molar-refractivity contribution in [3.63, 3.8) is 0 Å². The van der Waals surface area contributed by atoms with Crippen LogP contribution in [-0.4, -0.2) is 21.4 Å². The third-order valence-electron chi connectivity index (χ3n) is 4.44. The number of nitrogens with zero attached hydrogens (tertiary/aromatic N) is 3. The molecule has 0 radical (unpaired) electrons. The van der Waals surface area contributed by atoms with Crippen molar-refractivity contribution >= 4 is 33.7 Å². The Morgan fingerprint density at radius 2 is 1.69 bits per heavy atom. The molecule has 4 rings (SSSR count). The van der Waals surface area contributed by atoms with Crippen molar-refractivity contribution in [3.05, 3.63) is 92.5 Å². The number of hydrogen-bond donors (Lipinski definition) is 1. The zero-order valence-corrected chi connectivity index (χ0v) is 16.7. The number of hydrazone groups is 1. The van der Waals surface area contributed by atoms with Gasteiger partial charge in [0.25, 0.3) is 11.5 Å². The second-order valence-electron chi connectivity index (χ2n) is 6.50. The zero-order chi connectivity index (χ0) is 20.4. The monoisotopic (exact) mass is 402 g/mol. The van der Waals surface area contributed by atoms with Crippen molar-refractivity contribution in [3.8, 4) is 5.69 Å². The lowest BCUT2D eigenvalue weighted by Gasteiger charge is -2.10. The summed E-state index contributed by atoms with van der Waals surface area (Å²) in [6.45, 7) is 3.85. The molecule has 2 aromatic carbocycles. The molecule has 1 N–H and O–H groups in total. The van der Waals surface area contributed by atoms with Crippen LogP contribution in [0, 0.1) is 6.92 Å². The summed E-state index contributed by atoms with van der Waals surface area (Å²) in [6.07, 6.45) is 0. The summed E-state index contributed by atoms with van der Waals surface area (Å²) >= 11 is 1.60. The molecule has 0 aliphatic carbocycles. The van der Waals surface area contributed by atoms with E-state index in [2.05, 4.69) is 15.6 Å². The number of benzene rings is 2. The van der Waals surface area contributed by atoms with Gasteiger partial charge in [0.05, 0.1) is 21.7 Å². The minimum absolute atomic E-state index is 0.142. The molecule has 0 aliphatic rings. The number of rotatable bonds is 4. The van der Waals surface area contributed by atoms with E-state index in [-0.39, 0.29) is 11.3 Å². The van der Waals surface area contributed by atoms with Gasteiger partial charge in [0, 0.05) is 10.3 Å². The summed E-state index contributed by atoms with van der Waals surface area (Å²) in [6, 6.07) is 19.9. The van der Waals surface area contributed by atoms with Crippen LogP contribution in [0.3, 0.4) is 0 Å². The average molecular weight is 402 g/mol. The zero-order valence-electron chi connectivity index (χ0n) is 15.9. The molecule has 0 bridgehead atoms. The van der Waals surface area contributed by atoms with Crippen LogP contribution >= 0.6 is 11.3 Å². The minimum Gasteiger partial charge on any atom is -0.267 e. The number of para-hydroxylation sites is 1. The Labute approximate surface area is 171 Å². The topological polar surface area (TPSA) is 76.3 Å². The summed E-state index contributed by atoms with van der Waals surface area (Å²) in [5.74, 6) is -0.474. The van der Waals surface area contributed by atoms with E-state index in [0.717, 1.165) is 4.88 Å². The molecule has 2 aromatic heterocycles. The van der Waals surface area contributed by atoms with E-state index in [1.807, 2.05) is 44.2 Å². The van der Waals surface area contributed by atoms with Crippen LogP contribution in [0.15, 0.2) is 76.6 Å². The van der Waals surface area contributed by atoms with E-state index in [1.54, 1.807) is 47.7 Å². The van der Waals surface area contributed by atoms with Gasteiger partial charge in [0.15, 0.2) is 5.69 Å². The van der Waals surface area contributed by atoms with Gasteiger partial charge in [-0.3, -0.25) is 9.59 Å². The van der Waals surface area contributed by atoms with Crippen molar-refractivity contribution in [2.75, 3.05) is 0 Å². The predicted octanol–water partition coefficient (Wildman–Crippen LogP) is 3.91. The molecule has 0 saturated heterocycles. The highest BCUT2D eigenvalue weighted by atomic mass is 32.1. The molecule has 6 nitrogen and oxygen atoms in total. The highest BCUT2D eigenvalue weighted by molar-refractivity contribution is 7.14. The van der Waals surface area contributed by atoms with Crippen molar-refractivity contribution in [2.24, 2.45) is 5.10 Å². The first kappa shape index (κ1) is 18.8. The number of amides is 1. The van der Waals surface area contributed by atoms with Crippen LogP contribution in [0.2, 0.25) is 0 Å². The molecular formula is C22H18N4O2S. The van der Waals surface area contributed by atoms with E-state index in [1.165, 1.54) is 9.56 Å². The Bertz CT molecular complexity index is 1290. The smallest absolute Gasteiger partial charge is 0.267 e. The van der Waals surface area contributed by atoms with E-state index < -0.39 is 5.91 Å². The standard InChI is InChI=1S/C22H18N4O2S/c1-14-12-13-19(29-14)15(2)23-24-21(27)20-17-10-6-7-11-18(17)22(28)26(25-20)16-8-4-3-5-9-16/h3-13H,1-2H3,(H,24,27)/b23-15-. The molecule has 4 aromatic rings. The molecule has 0 spiro atoms. The first-order valence-corrected chi connectivity index (χ1v) is 9.85. The number of nitrogens with one attached hydrogen (secondary N) is 1. The van der Waals surface area contributed by atoms with Gasteiger partial charge in [0.2, 0.25) is 0 Å². The van der Waals surface area contributed by atoms with Gasteiger partial charge in [-0.05, 0) is 44.2 Å². The number of hydrogen-bond acceptors (Lipinski definition) is 5. The quantitative estimate of drug-likeness (QED) is 0.415. The van der Waals surface area contributed by atoms with Gasteiger partial charge in [-0.25, -0.2) is 5.43 Å². The second kappa shape index (κ2) is 7.81. The largest absolute Gasteiger partial charge is 0.292 e. The summed E-state index contributed by atoms with van der Waals surface area (Å²) in [4.78, 5) is 28.0. The lowest BCUT2D eigenvalue weighted by Crippen LogP contribution is -2.28. The first-order chi connectivity index (χ1) is 14.0. The third-order valence-corrected chi connectivity index (χ3v) is 5.55. The number of aromatic nitrogens is 2. The van der Waals surface area contributed by atoms with E-state index >= 15 is 0 Å². The lowest BCUT2D eigenvalue weighted by molar-refractivity contribution is 0.0950. The van der Waals surface area contributed by atoms with Gasteiger partial charge in [-0.1, -0.05) is 36.4 Å². The Hall–Kier alpha value is -3.58. The van der Waals surface area contributed by atoms with Crippen molar-refractivity contribution in [1.29, 1.82) is 0 Å². The molecule has 0 fully saturated rings. The summed E-state index contributed by atoms with van der Waals surface area (Å²) in [7, 11) is 0. The van der Waals surface area contributed by atoms with E-state index in [0.29, 0.717) is 22.2 Å². The van der Waals surface area contributed by atoms with Crippen LogP contribution in [0.5, 0.6) is 0 Å². The van der Waals surface area contributed by atoms with Crippen molar-refractivity contribution in [2.45, 2.75) is 13.8 Å². The van der Waals surface area contributed by atoms with Gasteiger partial charge in [0.1, 0.15) is 0 Å². The van der Waals surface area contributed by atoms with E-state index in [4.69, 9.17) is 0 Å². The number of carbonyl (C=O) groups is 1. The van der Waals surface area contributed by atoms with E-state index in [9.17, 15) is 9.59 Å². The van der Waals surface area contributed by atoms with Gasteiger partial charge < -0.3 is 0 Å². The van der Waals surface area contributed by atoms with Gasteiger partial charge in [-0.15, -0.1) is 11.3 Å². The fraction of sp³-hybridized carbons (Fsp3) is 0.0909. The number of fused-ring (bicyclic) bond motifs is 1. The van der Waals surface area contributed by atoms with Gasteiger partial charge >= 0.3 is 0 Å². The van der Waals surface area contributed by atoms with Crippen LogP contribution in [0.25, 0.3) is 16.5 Å². The third kappa shape index (κ3) is 3.72. The summed E-state index contributed by atoms with van der Waals surface area (Å²) in [5, 5.41) is 9.48. The highest BCUT2D eigenvalue weighted by Gasteiger charge is 2.17. The van der Waals surface area contributed by atoms with Gasteiger partial charge in [-0.2, -0.15) is 14.9 Å². The molecule has 7 heteroatoms. The van der Waals surface area contributed by atoms with Crippen LogP contribution in [-0.2, 0) is 0 Å². The fourth-order valence-corrected chi connectivity index (χ4v) is 3.79. The molecule has 0 saturated carbocycles.